The largest absolute Gasteiger partial charge is 0.330 e. The first-order valence-corrected chi connectivity index (χ1v) is 6.48. The van der Waals surface area contributed by atoms with Gasteiger partial charge in [-0.05, 0) is 50.0 Å². The van der Waals surface area contributed by atoms with Gasteiger partial charge in [0, 0.05) is 12.6 Å². The second kappa shape index (κ2) is 6.12. The fraction of sp³-hybridized carbons (Fsp3) is 0.571. The van der Waals surface area contributed by atoms with Crippen LogP contribution in [0.3, 0.4) is 0 Å². The van der Waals surface area contributed by atoms with E-state index in [4.69, 9.17) is 5.73 Å². The van der Waals surface area contributed by atoms with Gasteiger partial charge in [0.15, 0.2) is 0 Å². The molecule has 1 atom stereocenters. The first kappa shape index (κ1) is 12.5. The van der Waals surface area contributed by atoms with Crippen LogP contribution in [0.1, 0.15) is 31.2 Å². The molecule has 1 aliphatic heterocycles. The maximum atomic E-state index is 12.8. The van der Waals surface area contributed by atoms with Crippen molar-refractivity contribution in [2.24, 2.45) is 5.73 Å². The van der Waals surface area contributed by atoms with Crippen molar-refractivity contribution in [1.82, 2.24) is 4.90 Å². The van der Waals surface area contributed by atoms with E-state index in [1.54, 1.807) is 0 Å². The molecule has 0 spiro atoms. The molecule has 3 heteroatoms. The number of hydrogen-bond acceptors (Lipinski definition) is 2. The fourth-order valence-corrected chi connectivity index (χ4v) is 2.61. The van der Waals surface area contributed by atoms with Crippen molar-refractivity contribution in [3.8, 4) is 0 Å². The van der Waals surface area contributed by atoms with E-state index in [0.29, 0.717) is 6.04 Å². The molecule has 2 nitrogen and oxygen atoms in total. The van der Waals surface area contributed by atoms with E-state index in [-0.39, 0.29) is 5.82 Å². The molecule has 0 aromatic heterocycles. The van der Waals surface area contributed by atoms with E-state index >= 15 is 0 Å². The average Bonchev–Trinajstić information content (AvgIpc) is 2.35. The normalized spacial score (nSPS) is 21.6. The van der Waals surface area contributed by atoms with E-state index in [1.165, 1.54) is 37.0 Å². The molecule has 0 bridgehead atoms. The lowest BCUT2D eigenvalue weighted by Gasteiger charge is -2.35. The summed E-state index contributed by atoms with van der Waals surface area (Å²) in [5, 5.41) is 0. The van der Waals surface area contributed by atoms with E-state index in [2.05, 4.69) is 4.90 Å². The predicted molar refractivity (Wildman–Crippen MR) is 68.1 cm³/mol. The average molecular weight is 236 g/mol. The standard InChI is InChI=1S/C14H21FN2/c15-13-6-4-12(5-7-13)11-17-10-2-1-3-14(17)8-9-16/h4-7,14H,1-3,8-11,16H2. The van der Waals surface area contributed by atoms with Crippen molar-refractivity contribution < 1.29 is 4.39 Å². The molecule has 0 radical (unpaired) electrons. The minimum Gasteiger partial charge on any atom is -0.330 e. The summed E-state index contributed by atoms with van der Waals surface area (Å²) in [4.78, 5) is 2.49. The lowest BCUT2D eigenvalue weighted by Crippen LogP contribution is -2.40. The van der Waals surface area contributed by atoms with Gasteiger partial charge in [0.1, 0.15) is 5.82 Å². The molecule has 94 valence electrons. The third kappa shape index (κ3) is 3.51. The lowest BCUT2D eigenvalue weighted by atomic mass is 9.98. The second-order valence-corrected chi connectivity index (χ2v) is 4.82. The monoisotopic (exact) mass is 236 g/mol. The van der Waals surface area contributed by atoms with Crippen LogP contribution in [-0.4, -0.2) is 24.0 Å². The third-order valence-electron chi connectivity index (χ3n) is 3.55. The summed E-state index contributed by atoms with van der Waals surface area (Å²) in [6, 6.07) is 7.44. The van der Waals surface area contributed by atoms with Gasteiger partial charge in [0.25, 0.3) is 0 Å². The zero-order valence-corrected chi connectivity index (χ0v) is 10.2. The molecule has 0 amide bonds. The van der Waals surface area contributed by atoms with Crippen LogP contribution in [0.4, 0.5) is 4.39 Å². The Morgan fingerprint density at radius 2 is 2.00 bits per heavy atom. The topological polar surface area (TPSA) is 29.3 Å². The molecule has 1 aromatic rings. The molecule has 1 heterocycles. The van der Waals surface area contributed by atoms with E-state index < -0.39 is 0 Å². The van der Waals surface area contributed by atoms with Crippen molar-refractivity contribution in [2.45, 2.75) is 38.3 Å². The molecule has 1 saturated heterocycles. The zero-order chi connectivity index (χ0) is 12.1. The van der Waals surface area contributed by atoms with Crippen LogP contribution >= 0.6 is 0 Å². The second-order valence-electron chi connectivity index (χ2n) is 4.82. The molecule has 1 unspecified atom stereocenters. The van der Waals surface area contributed by atoms with Crippen molar-refractivity contribution in [3.05, 3.63) is 35.6 Å². The van der Waals surface area contributed by atoms with Crippen molar-refractivity contribution >= 4 is 0 Å². The van der Waals surface area contributed by atoms with Gasteiger partial charge >= 0.3 is 0 Å². The van der Waals surface area contributed by atoms with Gasteiger partial charge in [-0.25, -0.2) is 4.39 Å². The summed E-state index contributed by atoms with van der Waals surface area (Å²) in [5.41, 5.74) is 6.85. The number of benzene rings is 1. The van der Waals surface area contributed by atoms with Crippen LogP contribution in [-0.2, 0) is 6.54 Å². The van der Waals surface area contributed by atoms with Gasteiger partial charge in [0.05, 0.1) is 0 Å². The van der Waals surface area contributed by atoms with E-state index in [1.807, 2.05) is 12.1 Å². The first-order valence-electron chi connectivity index (χ1n) is 6.48. The summed E-state index contributed by atoms with van der Waals surface area (Å²) in [7, 11) is 0. The van der Waals surface area contributed by atoms with Crippen molar-refractivity contribution in [3.63, 3.8) is 0 Å². The summed E-state index contributed by atoms with van der Waals surface area (Å²) in [5.74, 6) is -0.161. The maximum absolute atomic E-state index is 12.8. The Labute approximate surface area is 103 Å². The molecule has 2 rings (SSSR count). The summed E-state index contributed by atoms with van der Waals surface area (Å²) < 4.78 is 12.8. The Bertz CT molecular complexity index is 335. The van der Waals surface area contributed by atoms with Gasteiger partial charge < -0.3 is 5.73 Å². The molecule has 1 aromatic carbocycles. The maximum Gasteiger partial charge on any atom is 0.123 e. The summed E-state index contributed by atoms with van der Waals surface area (Å²) >= 11 is 0. The number of likely N-dealkylation sites (tertiary alicyclic amines) is 1. The highest BCUT2D eigenvalue weighted by molar-refractivity contribution is 5.16. The quantitative estimate of drug-likeness (QED) is 0.870. The van der Waals surface area contributed by atoms with Gasteiger partial charge in [-0.3, -0.25) is 4.90 Å². The smallest absolute Gasteiger partial charge is 0.123 e. The highest BCUT2D eigenvalue weighted by Crippen LogP contribution is 2.21. The van der Waals surface area contributed by atoms with Crippen molar-refractivity contribution in [1.29, 1.82) is 0 Å². The molecular formula is C14H21FN2. The minimum atomic E-state index is -0.161. The Kier molecular flexibility index (Phi) is 4.51. The zero-order valence-electron chi connectivity index (χ0n) is 10.2. The molecular weight excluding hydrogens is 215 g/mol. The Morgan fingerprint density at radius 3 is 2.71 bits per heavy atom. The van der Waals surface area contributed by atoms with Crippen LogP contribution in [0, 0.1) is 5.82 Å². The Hall–Kier alpha value is -0.930. The van der Waals surface area contributed by atoms with Gasteiger partial charge in [0.2, 0.25) is 0 Å². The highest BCUT2D eigenvalue weighted by Gasteiger charge is 2.21. The molecule has 1 fully saturated rings. The van der Waals surface area contributed by atoms with E-state index in [0.717, 1.165) is 26.1 Å². The number of rotatable bonds is 4. The number of piperidine rings is 1. The van der Waals surface area contributed by atoms with Crippen molar-refractivity contribution in [2.75, 3.05) is 13.1 Å². The molecule has 0 saturated carbocycles. The minimum absolute atomic E-state index is 0.161. The van der Waals surface area contributed by atoms with Crippen LogP contribution in [0.15, 0.2) is 24.3 Å². The lowest BCUT2D eigenvalue weighted by molar-refractivity contribution is 0.134. The van der Waals surface area contributed by atoms with Gasteiger partial charge in [-0.2, -0.15) is 0 Å². The molecule has 0 aliphatic carbocycles. The van der Waals surface area contributed by atoms with Crippen LogP contribution in [0.5, 0.6) is 0 Å². The third-order valence-corrected chi connectivity index (χ3v) is 3.55. The molecule has 1 aliphatic rings. The molecule has 2 N–H and O–H groups in total. The SMILES string of the molecule is NCCC1CCCCN1Cc1ccc(F)cc1. The number of nitrogens with two attached hydrogens (primary N) is 1. The Morgan fingerprint density at radius 1 is 1.24 bits per heavy atom. The van der Waals surface area contributed by atoms with E-state index in [9.17, 15) is 4.39 Å². The Balaban J connectivity index is 1.97. The fourth-order valence-electron chi connectivity index (χ4n) is 2.61. The highest BCUT2D eigenvalue weighted by atomic mass is 19.1. The number of hydrogen-bond donors (Lipinski definition) is 1. The van der Waals surface area contributed by atoms with Crippen LogP contribution in [0.2, 0.25) is 0 Å². The van der Waals surface area contributed by atoms with Gasteiger partial charge in [-0.15, -0.1) is 0 Å². The first-order chi connectivity index (χ1) is 8.29. The van der Waals surface area contributed by atoms with Crippen LogP contribution < -0.4 is 5.73 Å². The van der Waals surface area contributed by atoms with Crippen LogP contribution in [0.25, 0.3) is 0 Å². The van der Waals surface area contributed by atoms with Gasteiger partial charge in [-0.1, -0.05) is 18.6 Å². The predicted octanol–water partition coefficient (Wildman–Crippen LogP) is 2.53. The molecule has 17 heavy (non-hydrogen) atoms. The number of halogens is 1. The summed E-state index contributed by atoms with van der Waals surface area (Å²) in [6.45, 7) is 2.82. The summed E-state index contributed by atoms with van der Waals surface area (Å²) in [6.07, 6.45) is 4.90. The number of nitrogens with zero attached hydrogens (tertiary/aromatic N) is 1.